The first-order valence-electron chi connectivity index (χ1n) is 9.35. The number of carbonyl (C=O) groups is 2. The van der Waals surface area contributed by atoms with Crippen LogP contribution in [-0.2, 0) is 24.4 Å². The Balaban J connectivity index is 1.39. The van der Waals surface area contributed by atoms with Crippen LogP contribution in [0, 0.1) is 0 Å². The van der Waals surface area contributed by atoms with Crippen molar-refractivity contribution in [1.29, 1.82) is 0 Å². The minimum atomic E-state index is -0.226. The summed E-state index contributed by atoms with van der Waals surface area (Å²) in [7, 11) is 2.01. The fraction of sp³-hybridized carbons (Fsp3) is 0.474. The van der Waals surface area contributed by atoms with Crippen LogP contribution in [0.25, 0.3) is 0 Å². The second-order valence-electron chi connectivity index (χ2n) is 7.15. The van der Waals surface area contributed by atoms with Gasteiger partial charge in [-0.3, -0.25) is 24.2 Å². The van der Waals surface area contributed by atoms with Crippen molar-refractivity contribution in [3.05, 3.63) is 47.5 Å². The van der Waals surface area contributed by atoms with Gasteiger partial charge in [-0.15, -0.1) is 0 Å². The molecule has 0 unspecified atom stereocenters. The van der Waals surface area contributed by atoms with Crippen molar-refractivity contribution < 1.29 is 9.59 Å². The van der Waals surface area contributed by atoms with Gasteiger partial charge in [0.15, 0.2) is 5.69 Å². The number of nitrogens with zero attached hydrogens (tertiary/aromatic N) is 5. The first-order valence-corrected chi connectivity index (χ1v) is 9.35. The molecule has 4 heterocycles. The highest BCUT2D eigenvalue weighted by atomic mass is 16.2. The summed E-state index contributed by atoms with van der Waals surface area (Å²) in [5, 5.41) is 7.25. The third-order valence-corrected chi connectivity index (χ3v) is 5.30. The fourth-order valence-electron chi connectivity index (χ4n) is 3.76. The minimum absolute atomic E-state index is 0.0133. The molecule has 2 aliphatic heterocycles. The summed E-state index contributed by atoms with van der Waals surface area (Å²) in [6.45, 7) is 3.09. The summed E-state index contributed by atoms with van der Waals surface area (Å²) < 4.78 is 1.83. The molecule has 2 amide bonds. The molecule has 0 aromatic carbocycles. The summed E-state index contributed by atoms with van der Waals surface area (Å²) in [4.78, 5) is 33.4. The van der Waals surface area contributed by atoms with Gasteiger partial charge in [-0.2, -0.15) is 5.10 Å². The van der Waals surface area contributed by atoms with Crippen LogP contribution in [0.2, 0.25) is 0 Å². The number of fused-ring (bicyclic) bond motifs is 1. The standard InChI is InChI=1S/C19H24N6O2/c1-23-8-4-6-17(23)19(27)24-9-10-25-15(13-24)11-16(22-25)18(26)21-12-14-5-2-3-7-20-14/h2-3,5,7,11,17H,4,6,8-10,12-13H2,1H3,(H,21,26)/t17-/m0/s1. The summed E-state index contributed by atoms with van der Waals surface area (Å²) in [5.41, 5.74) is 2.08. The van der Waals surface area contributed by atoms with Crippen LogP contribution >= 0.6 is 0 Å². The maximum absolute atomic E-state index is 12.8. The zero-order valence-electron chi connectivity index (χ0n) is 15.5. The van der Waals surface area contributed by atoms with Crippen LogP contribution in [0.5, 0.6) is 0 Å². The average molecular weight is 368 g/mol. The van der Waals surface area contributed by atoms with E-state index >= 15 is 0 Å². The highest BCUT2D eigenvalue weighted by Crippen LogP contribution is 2.21. The SMILES string of the molecule is CN1CCC[C@H]1C(=O)N1CCn2nc(C(=O)NCc3ccccn3)cc2C1. The molecular weight excluding hydrogens is 344 g/mol. The number of pyridine rings is 1. The van der Waals surface area contributed by atoms with Crippen molar-refractivity contribution in [2.24, 2.45) is 0 Å². The molecule has 2 aromatic rings. The number of likely N-dealkylation sites (N-methyl/N-ethyl adjacent to an activating group) is 1. The van der Waals surface area contributed by atoms with Crippen LogP contribution < -0.4 is 5.32 Å². The van der Waals surface area contributed by atoms with Gasteiger partial charge >= 0.3 is 0 Å². The van der Waals surface area contributed by atoms with Crippen LogP contribution in [0.1, 0.15) is 34.7 Å². The molecular formula is C19H24N6O2. The molecule has 2 aliphatic rings. The second-order valence-corrected chi connectivity index (χ2v) is 7.15. The molecule has 0 spiro atoms. The molecule has 1 saturated heterocycles. The minimum Gasteiger partial charge on any atom is -0.345 e. The molecule has 142 valence electrons. The van der Waals surface area contributed by atoms with Gasteiger partial charge in [0.2, 0.25) is 5.91 Å². The lowest BCUT2D eigenvalue weighted by molar-refractivity contribution is -0.137. The normalized spacial score (nSPS) is 19.7. The molecule has 1 N–H and O–H groups in total. The number of hydrogen-bond acceptors (Lipinski definition) is 5. The van der Waals surface area contributed by atoms with Gasteiger partial charge in [-0.1, -0.05) is 6.07 Å². The number of aromatic nitrogens is 3. The van der Waals surface area contributed by atoms with Gasteiger partial charge in [0.1, 0.15) is 0 Å². The number of likely N-dealkylation sites (tertiary alicyclic amines) is 1. The van der Waals surface area contributed by atoms with E-state index in [0.717, 1.165) is 30.8 Å². The smallest absolute Gasteiger partial charge is 0.272 e. The molecule has 1 fully saturated rings. The third-order valence-electron chi connectivity index (χ3n) is 5.30. The van der Waals surface area contributed by atoms with E-state index in [0.29, 0.717) is 31.9 Å². The Morgan fingerprint density at radius 2 is 2.15 bits per heavy atom. The Kier molecular flexibility index (Phi) is 4.89. The van der Waals surface area contributed by atoms with Crippen LogP contribution in [0.3, 0.4) is 0 Å². The first-order chi connectivity index (χ1) is 13.1. The maximum atomic E-state index is 12.8. The van der Waals surface area contributed by atoms with E-state index < -0.39 is 0 Å². The highest BCUT2D eigenvalue weighted by Gasteiger charge is 2.33. The van der Waals surface area contributed by atoms with E-state index in [1.54, 1.807) is 12.3 Å². The Labute approximate surface area is 158 Å². The topological polar surface area (TPSA) is 83.4 Å². The molecule has 0 saturated carbocycles. The Morgan fingerprint density at radius 3 is 2.89 bits per heavy atom. The van der Waals surface area contributed by atoms with Gasteiger partial charge < -0.3 is 10.2 Å². The Hall–Kier alpha value is -2.74. The van der Waals surface area contributed by atoms with E-state index in [4.69, 9.17) is 0 Å². The Bertz CT molecular complexity index is 834. The summed E-state index contributed by atoms with van der Waals surface area (Å²) in [5.74, 6) is -0.0421. The van der Waals surface area contributed by atoms with Crippen molar-refractivity contribution >= 4 is 11.8 Å². The lowest BCUT2D eigenvalue weighted by Crippen LogP contribution is -2.47. The number of hydrogen-bond donors (Lipinski definition) is 1. The maximum Gasteiger partial charge on any atom is 0.272 e. The van der Waals surface area contributed by atoms with Crippen molar-refractivity contribution in [3.8, 4) is 0 Å². The molecule has 2 aromatic heterocycles. The van der Waals surface area contributed by atoms with E-state index in [2.05, 4.69) is 20.3 Å². The lowest BCUT2D eigenvalue weighted by Gasteiger charge is -2.31. The zero-order chi connectivity index (χ0) is 18.8. The van der Waals surface area contributed by atoms with Crippen molar-refractivity contribution in [1.82, 2.24) is 29.9 Å². The molecule has 8 heteroatoms. The van der Waals surface area contributed by atoms with E-state index in [-0.39, 0.29) is 17.9 Å². The molecule has 8 nitrogen and oxygen atoms in total. The summed E-state index contributed by atoms with van der Waals surface area (Å²) in [6.07, 6.45) is 3.69. The molecule has 1 atom stereocenters. The average Bonchev–Trinajstić information content (AvgIpc) is 3.31. The van der Waals surface area contributed by atoms with Gasteiger partial charge in [-0.05, 0) is 44.6 Å². The largest absolute Gasteiger partial charge is 0.345 e. The summed E-state index contributed by atoms with van der Waals surface area (Å²) in [6, 6.07) is 7.36. The quantitative estimate of drug-likeness (QED) is 0.857. The molecule has 27 heavy (non-hydrogen) atoms. The van der Waals surface area contributed by atoms with E-state index in [1.807, 2.05) is 34.8 Å². The summed E-state index contributed by atoms with van der Waals surface area (Å²) >= 11 is 0. The highest BCUT2D eigenvalue weighted by molar-refractivity contribution is 5.92. The lowest BCUT2D eigenvalue weighted by atomic mass is 10.1. The third kappa shape index (κ3) is 3.71. The van der Waals surface area contributed by atoms with Gasteiger partial charge in [0.05, 0.1) is 37.1 Å². The van der Waals surface area contributed by atoms with Crippen LogP contribution in [0.15, 0.2) is 30.5 Å². The monoisotopic (exact) mass is 368 g/mol. The van der Waals surface area contributed by atoms with Crippen molar-refractivity contribution in [2.75, 3.05) is 20.1 Å². The predicted molar refractivity (Wildman–Crippen MR) is 98.7 cm³/mol. The second kappa shape index (κ2) is 7.48. The molecule has 0 bridgehead atoms. The van der Waals surface area contributed by atoms with E-state index in [9.17, 15) is 9.59 Å². The van der Waals surface area contributed by atoms with Crippen LogP contribution in [0.4, 0.5) is 0 Å². The van der Waals surface area contributed by atoms with Gasteiger partial charge in [-0.25, -0.2) is 0 Å². The van der Waals surface area contributed by atoms with Crippen molar-refractivity contribution in [3.63, 3.8) is 0 Å². The fourth-order valence-corrected chi connectivity index (χ4v) is 3.76. The Morgan fingerprint density at radius 1 is 1.26 bits per heavy atom. The number of nitrogens with one attached hydrogen (secondary N) is 1. The number of rotatable bonds is 4. The van der Waals surface area contributed by atoms with Crippen LogP contribution in [-0.4, -0.2) is 62.6 Å². The number of amides is 2. The van der Waals surface area contributed by atoms with Crippen molar-refractivity contribution in [2.45, 2.75) is 38.5 Å². The first kappa shape index (κ1) is 17.7. The molecule has 0 radical (unpaired) electrons. The molecule has 4 rings (SSSR count). The van der Waals surface area contributed by atoms with Gasteiger partial charge in [0.25, 0.3) is 5.91 Å². The van der Waals surface area contributed by atoms with Gasteiger partial charge in [0, 0.05) is 12.7 Å². The predicted octanol–water partition coefficient (Wildman–Crippen LogP) is 0.645. The van der Waals surface area contributed by atoms with E-state index in [1.165, 1.54) is 0 Å². The molecule has 0 aliphatic carbocycles. The zero-order valence-corrected chi connectivity index (χ0v) is 15.5. The number of carbonyl (C=O) groups excluding carboxylic acids is 2.